The molecular formula is C13H14FN3O2S. The van der Waals surface area contributed by atoms with E-state index in [9.17, 15) is 9.18 Å². The molecule has 106 valence electrons. The third-order valence-electron chi connectivity index (χ3n) is 2.56. The summed E-state index contributed by atoms with van der Waals surface area (Å²) in [4.78, 5) is 16.1. The number of nitrogens with zero attached hydrogens (tertiary/aromatic N) is 1. The van der Waals surface area contributed by atoms with Gasteiger partial charge in [-0.2, -0.15) is 0 Å². The van der Waals surface area contributed by atoms with Gasteiger partial charge in [-0.3, -0.25) is 4.79 Å². The van der Waals surface area contributed by atoms with E-state index < -0.39 is 11.7 Å². The van der Waals surface area contributed by atoms with E-state index in [4.69, 9.17) is 10.5 Å². The summed E-state index contributed by atoms with van der Waals surface area (Å²) in [5.41, 5.74) is 5.73. The smallest absolute Gasteiger partial charge is 0.275 e. The number of benzene rings is 1. The number of hydrogen-bond donors (Lipinski definition) is 2. The fraction of sp³-hybridized carbons (Fsp3) is 0.231. The number of rotatable bonds is 5. The number of nitrogens with one attached hydrogen (secondary N) is 1. The molecule has 2 rings (SSSR count). The molecule has 0 aliphatic heterocycles. The van der Waals surface area contributed by atoms with Crippen molar-refractivity contribution in [3.05, 3.63) is 40.1 Å². The SMILES string of the molecule is COc1ccc(F)c(NC(=O)c2csc(CCN)n2)c1. The minimum absolute atomic E-state index is 0.0581. The average molecular weight is 295 g/mol. The van der Waals surface area contributed by atoms with Gasteiger partial charge in [0.05, 0.1) is 17.8 Å². The van der Waals surface area contributed by atoms with Crippen molar-refractivity contribution in [2.45, 2.75) is 6.42 Å². The highest BCUT2D eigenvalue weighted by Gasteiger charge is 2.13. The third kappa shape index (κ3) is 3.31. The number of thiazole rings is 1. The summed E-state index contributed by atoms with van der Waals surface area (Å²) >= 11 is 1.35. The first-order valence-corrected chi connectivity index (χ1v) is 6.81. The number of ether oxygens (including phenoxy) is 1. The predicted octanol–water partition coefficient (Wildman–Crippen LogP) is 2.04. The highest BCUT2D eigenvalue weighted by molar-refractivity contribution is 7.09. The first-order valence-electron chi connectivity index (χ1n) is 5.93. The Kier molecular flexibility index (Phi) is 4.65. The largest absolute Gasteiger partial charge is 0.497 e. The second-order valence-corrected chi connectivity index (χ2v) is 4.91. The van der Waals surface area contributed by atoms with Gasteiger partial charge in [-0.25, -0.2) is 9.37 Å². The Morgan fingerprint density at radius 2 is 2.35 bits per heavy atom. The third-order valence-corrected chi connectivity index (χ3v) is 3.47. The Hall–Kier alpha value is -1.99. The van der Waals surface area contributed by atoms with Crippen molar-refractivity contribution in [3.8, 4) is 5.75 Å². The Morgan fingerprint density at radius 1 is 1.55 bits per heavy atom. The Bertz CT molecular complexity index is 615. The maximum atomic E-state index is 13.6. The van der Waals surface area contributed by atoms with Gasteiger partial charge in [0, 0.05) is 17.9 Å². The average Bonchev–Trinajstić information content (AvgIpc) is 2.90. The quantitative estimate of drug-likeness (QED) is 0.885. The van der Waals surface area contributed by atoms with Gasteiger partial charge in [0.15, 0.2) is 0 Å². The fourth-order valence-electron chi connectivity index (χ4n) is 1.57. The maximum absolute atomic E-state index is 13.6. The normalized spacial score (nSPS) is 10.3. The first kappa shape index (κ1) is 14.4. The lowest BCUT2D eigenvalue weighted by Gasteiger charge is -2.07. The van der Waals surface area contributed by atoms with Gasteiger partial charge in [0.1, 0.15) is 17.3 Å². The lowest BCUT2D eigenvalue weighted by molar-refractivity contribution is 0.102. The first-order chi connectivity index (χ1) is 9.63. The van der Waals surface area contributed by atoms with Crippen LogP contribution < -0.4 is 15.8 Å². The number of carbonyl (C=O) groups excluding carboxylic acids is 1. The highest BCUT2D eigenvalue weighted by Crippen LogP contribution is 2.22. The monoisotopic (exact) mass is 295 g/mol. The summed E-state index contributed by atoms with van der Waals surface area (Å²) in [6.45, 7) is 0.471. The summed E-state index contributed by atoms with van der Waals surface area (Å²) in [5.74, 6) is -0.531. The van der Waals surface area contributed by atoms with Crippen LogP contribution in [-0.2, 0) is 6.42 Å². The van der Waals surface area contributed by atoms with E-state index in [2.05, 4.69) is 10.3 Å². The zero-order valence-electron chi connectivity index (χ0n) is 10.9. The fourth-order valence-corrected chi connectivity index (χ4v) is 2.36. The number of halogens is 1. The van der Waals surface area contributed by atoms with Crippen molar-refractivity contribution in [1.29, 1.82) is 0 Å². The minimum Gasteiger partial charge on any atom is -0.497 e. The minimum atomic E-state index is -0.531. The van der Waals surface area contributed by atoms with Crippen LogP contribution in [0.3, 0.4) is 0 Å². The molecule has 7 heteroatoms. The van der Waals surface area contributed by atoms with Gasteiger partial charge in [-0.1, -0.05) is 0 Å². The number of amides is 1. The molecular weight excluding hydrogens is 281 g/mol. The second kappa shape index (κ2) is 6.44. The molecule has 0 bridgehead atoms. The van der Waals surface area contributed by atoms with E-state index in [1.165, 1.54) is 36.6 Å². The van der Waals surface area contributed by atoms with Crippen molar-refractivity contribution in [3.63, 3.8) is 0 Å². The van der Waals surface area contributed by atoms with Crippen LogP contribution >= 0.6 is 11.3 Å². The van der Waals surface area contributed by atoms with Crippen LogP contribution in [0.2, 0.25) is 0 Å². The topological polar surface area (TPSA) is 77.2 Å². The number of methoxy groups -OCH3 is 1. The molecule has 1 heterocycles. The summed E-state index contributed by atoms with van der Waals surface area (Å²) in [7, 11) is 1.47. The number of aromatic nitrogens is 1. The number of nitrogens with two attached hydrogens (primary N) is 1. The molecule has 0 saturated carbocycles. The van der Waals surface area contributed by atoms with Crippen LogP contribution in [0.1, 0.15) is 15.5 Å². The van der Waals surface area contributed by atoms with E-state index in [-0.39, 0.29) is 11.4 Å². The lowest BCUT2D eigenvalue weighted by Crippen LogP contribution is -2.14. The van der Waals surface area contributed by atoms with Gasteiger partial charge >= 0.3 is 0 Å². The van der Waals surface area contributed by atoms with Gasteiger partial charge in [-0.15, -0.1) is 11.3 Å². The second-order valence-electron chi connectivity index (χ2n) is 3.97. The van der Waals surface area contributed by atoms with Crippen LogP contribution in [0.25, 0.3) is 0 Å². The van der Waals surface area contributed by atoms with Crippen LogP contribution in [-0.4, -0.2) is 24.5 Å². The Morgan fingerprint density at radius 3 is 3.05 bits per heavy atom. The molecule has 1 aromatic carbocycles. The molecule has 2 aromatic rings. The summed E-state index contributed by atoms with van der Waals surface area (Å²) in [6, 6.07) is 4.13. The van der Waals surface area contributed by atoms with Gasteiger partial charge < -0.3 is 15.8 Å². The van der Waals surface area contributed by atoms with E-state index in [1.807, 2.05) is 0 Å². The van der Waals surface area contributed by atoms with Crippen molar-refractivity contribution in [2.24, 2.45) is 5.73 Å². The summed E-state index contributed by atoms with van der Waals surface area (Å²) in [6.07, 6.45) is 0.617. The maximum Gasteiger partial charge on any atom is 0.275 e. The van der Waals surface area contributed by atoms with Crippen LogP contribution in [0.15, 0.2) is 23.6 Å². The Balaban J connectivity index is 2.14. The highest BCUT2D eigenvalue weighted by atomic mass is 32.1. The van der Waals surface area contributed by atoms with E-state index in [0.29, 0.717) is 18.7 Å². The van der Waals surface area contributed by atoms with Crippen LogP contribution in [0.4, 0.5) is 10.1 Å². The van der Waals surface area contributed by atoms with Gasteiger partial charge in [0.2, 0.25) is 0 Å². The van der Waals surface area contributed by atoms with E-state index in [0.717, 1.165) is 5.01 Å². The molecule has 0 aliphatic rings. The number of hydrogen-bond acceptors (Lipinski definition) is 5. The zero-order valence-corrected chi connectivity index (χ0v) is 11.7. The molecule has 0 aliphatic carbocycles. The van der Waals surface area contributed by atoms with Crippen LogP contribution in [0, 0.1) is 5.82 Å². The molecule has 0 spiro atoms. The van der Waals surface area contributed by atoms with E-state index in [1.54, 1.807) is 5.38 Å². The Labute approximate surface area is 119 Å². The molecule has 0 saturated heterocycles. The molecule has 0 radical (unpaired) electrons. The van der Waals surface area contributed by atoms with Crippen molar-refractivity contribution in [1.82, 2.24) is 4.98 Å². The summed E-state index contributed by atoms with van der Waals surface area (Å²) < 4.78 is 18.6. The molecule has 1 amide bonds. The standard InChI is InChI=1S/C13H14FN3O2S/c1-19-8-2-3-9(14)10(6-8)17-13(18)11-7-20-12(16-11)4-5-15/h2-3,6-7H,4-5,15H2,1H3,(H,17,18). The van der Waals surface area contributed by atoms with Gasteiger partial charge in [-0.05, 0) is 18.7 Å². The molecule has 5 nitrogen and oxygen atoms in total. The summed E-state index contributed by atoms with van der Waals surface area (Å²) in [5, 5.41) is 4.88. The molecule has 0 fully saturated rings. The zero-order chi connectivity index (χ0) is 14.5. The van der Waals surface area contributed by atoms with E-state index >= 15 is 0 Å². The molecule has 0 atom stereocenters. The lowest BCUT2D eigenvalue weighted by atomic mass is 10.2. The number of carbonyl (C=O) groups is 1. The molecule has 3 N–H and O–H groups in total. The molecule has 1 aromatic heterocycles. The van der Waals surface area contributed by atoms with Crippen LogP contribution in [0.5, 0.6) is 5.75 Å². The molecule has 20 heavy (non-hydrogen) atoms. The predicted molar refractivity (Wildman–Crippen MR) is 75.8 cm³/mol. The van der Waals surface area contributed by atoms with Crippen molar-refractivity contribution < 1.29 is 13.9 Å². The van der Waals surface area contributed by atoms with Crippen molar-refractivity contribution >= 4 is 22.9 Å². The van der Waals surface area contributed by atoms with Gasteiger partial charge in [0.25, 0.3) is 5.91 Å². The number of anilines is 1. The van der Waals surface area contributed by atoms with Crippen molar-refractivity contribution in [2.75, 3.05) is 19.0 Å². The molecule has 0 unspecified atom stereocenters.